The molecule has 0 saturated carbocycles. The lowest BCUT2D eigenvalue weighted by Crippen LogP contribution is -2.57. The number of rotatable bonds is 6. The number of nitrogens with one attached hydrogen (secondary N) is 1. The van der Waals surface area contributed by atoms with Gasteiger partial charge in [-0.3, -0.25) is 4.79 Å². The van der Waals surface area contributed by atoms with E-state index >= 15 is 0 Å². The lowest BCUT2D eigenvalue weighted by atomic mass is 9.89. The number of carbonyl (C=O) groups is 1. The Balaban J connectivity index is 4.62. The number of carbonyl (C=O) groups excluding carboxylic acids is 1. The number of hydrogen-bond acceptors (Lipinski definition) is 4. The van der Waals surface area contributed by atoms with Crippen LogP contribution in [0.25, 0.3) is 0 Å². The molecule has 0 bridgehead atoms. The lowest BCUT2D eigenvalue weighted by Gasteiger charge is -2.33. The van der Waals surface area contributed by atoms with Crippen molar-refractivity contribution in [1.82, 2.24) is 5.32 Å². The zero-order chi connectivity index (χ0) is 12.1. The minimum Gasteiger partial charge on any atom is -0.394 e. The van der Waals surface area contributed by atoms with E-state index in [-0.39, 0.29) is 25.7 Å². The second-order valence-electron chi connectivity index (χ2n) is 4.49. The second kappa shape index (κ2) is 5.44. The number of aliphatic hydroxyl groups excluding tert-OH is 2. The summed E-state index contributed by atoms with van der Waals surface area (Å²) in [6, 6.07) is 0. The number of hydrogen-bond donors (Lipinski definition) is 4. The Morgan fingerprint density at radius 2 is 1.80 bits per heavy atom. The number of amides is 1. The molecule has 0 radical (unpaired) electrons. The molecule has 0 aliphatic rings. The van der Waals surface area contributed by atoms with Crippen LogP contribution in [0.5, 0.6) is 0 Å². The van der Waals surface area contributed by atoms with Gasteiger partial charge in [0.2, 0.25) is 5.91 Å². The average Bonchev–Trinajstić information content (AvgIpc) is 2.25. The fourth-order valence-electron chi connectivity index (χ4n) is 0.944. The third kappa shape index (κ3) is 3.44. The van der Waals surface area contributed by atoms with E-state index < -0.39 is 11.0 Å². The lowest BCUT2D eigenvalue weighted by molar-refractivity contribution is -0.132. The van der Waals surface area contributed by atoms with E-state index in [0.717, 1.165) is 0 Å². The summed E-state index contributed by atoms with van der Waals surface area (Å²) in [6.45, 7) is 4.88. The highest BCUT2D eigenvalue weighted by molar-refractivity contribution is 5.82. The van der Waals surface area contributed by atoms with Gasteiger partial charge in [-0.05, 0) is 20.3 Å². The molecule has 0 heterocycles. The molecular formula is C10H22N2O3. The van der Waals surface area contributed by atoms with E-state index in [1.165, 1.54) is 0 Å². The van der Waals surface area contributed by atoms with Crippen molar-refractivity contribution >= 4 is 5.91 Å². The predicted molar refractivity (Wildman–Crippen MR) is 58.2 cm³/mol. The average molecular weight is 218 g/mol. The summed E-state index contributed by atoms with van der Waals surface area (Å²) in [5.41, 5.74) is 3.83. The maximum atomic E-state index is 11.8. The van der Waals surface area contributed by atoms with Crippen LogP contribution in [0, 0.1) is 5.41 Å². The monoisotopic (exact) mass is 218 g/mol. The number of nitrogens with two attached hydrogens (primary N) is 1. The fourth-order valence-corrected chi connectivity index (χ4v) is 0.944. The van der Waals surface area contributed by atoms with Gasteiger partial charge in [0.1, 0.15) is 0 Å². The molecule has 90 valence electrons. The van der Waals surface area contributed by atoms with Crippen molar-refractivity contribution in [2.24, 2.45) is 11.1 Å². The van der Waals surface area contributed by atoms with Crippen LogP contribution in [-0.4, -0.2) is 41.4 Å². The molecule has 0 aromatic carbocycles. The standard InChI is InChI=1S/C10H22N2O3/c1-4-10(6-13,7-14)12-8(15)9(2,3)5-11/h13-14H,4-7,11H2,1-3H3,(H,12,15). The summed E-state index contributed by atoms with van der Waals surface area (Å²) in [5.74, 6) is -0.255. The van der Waals surface area contributed by atoms with Gasteiger partial charge in [0.15, 0.2) is 0 Å². The molecule has 0 fully saturated rings. The maximum Gasteiger partial charge on any atom is 0.227 e. The molecule has 0 saturated heterocycles. The minimum absolute atomic E-state index is 0.218. The van der Waals surface area contributed by atoms with E-state index in [9.17, 15) is 4.79 Å². The molecule has 15 heavy (non-hydrogen) atoms. The Hall–Kier alpha value is -0.650. The minimum atomic E-state index is -0.941. The van der Waals surface area contributed by atoms with Crippen molar-refractivity contribution in [3.05, 3.63) is 0 Å². The third-order valence-corrected chi connectivity index (χ3v) is 2.79. The molecule has 1 amide bonds. The summed E-state index contributed by atoms with van der Waals surface area (Å²) >= 11 is 0. The van der Waals surface area contributed by atoms with Gasteiger partial charge < -0.3 is 21.3 Å². The van der Waals surface area contributed by atoms with Gasteiger partial charge in [-0.15, -0.1) is 0 Å². The van der Waals surface area contributed by atoms with E-state index in [2.05, 4.69) is 5.32 Å². The van der Waals surface area contributed by atoms with Crippen LogP contribution in [0.15, 0.2) is 0 Å². The van der Waals surface area contributed by atoms with Crippen molar-refractivity contribution < 1.29 is 15.0 Å². The topological polar surface area (TPSA) is 95.6 Å². The van der Waals surface area contributed by atoms with E-state index in [4.69, 9.17) is 15.9 Å². The molecule has 0 spiro atoms. The van der Waals surface area contributed by atoms with Crippen LogP contribution in [0.4, 0.5) is 0 Å². The van der Waals surface area contributed by atoms with Crippen LogP contribution in [0.1, 0.15) is 27.2 Å². The van der Waals surface area contributed by atoms with Crippen LogP contribution >= 0.6 is 0 Å². The Morgan fingerprint density at radius 1 is 1.33 bits per heavy atom. The molecule has 0 rings (SSSR count). The molecular weight excluding hydrogens is 196 g/mol. The van der Waals surface area contributed by atoms with Crippen molar-refractivity contribution in [3.8, 4) is 0 Å². The van der Waals surface area contributed by atoms with Crippen LogP contribution in [0.2, 0.25) is 0 Å². The maximum absolute atomic E-state index is 11.8. The van der Waals surface area contributed by atoms with E-state index in [0.29, 0.717) is 6.42 Å². The summed E-state index contributed by atoms with van der Waals surface area (Å²) < 4.78 is 0. The Bertz CT molecular complexity index is 204. The fraction of sp³-hybridized carbons (Fsp3) is 0.900. The van der Waals surface area contributed by atoms with Crippen molar-refractivity contribution in [2.75, 3.05) is 19.8 Å². The molecule has 0 aromatic heterocycles. The first-order valence-corrected chi connectivity index (χ1v) is 5.12. The van der Waals surface area contributed by atoms with Gasteiger partial charge in [0.25, 0.3) is 0 Å². The first-order valence-electron chi connectivity index (χ1n) is 5.12. The van der Waals surface area contributed by atoms with Gasteiger partial charge in [0.05, 0.1) is 24.2 Å². The molecule has 5 heteroatoms. The van der Waals surface area contributed by atoms with Gasteiger partial charge >= 0.3 is 0 Å². The molecule has 5 N–H and O–H groups in total. The van der Waals surface area contributed by atoms with Crippen molar-refractivity contribution in [3.63, 3.8) is 0 Å². The van der Waals surface area contributed by atoms with Gasteiger partial charge in [-0.25, -0.2) is 0 Å². The summed E-state index contributed by atoms with van der Waals surface area (Å²) in [6.07, 6.45) is 0.465. The highest BCUT2D eigenvalue weighted by atomic mass is 16.3. The molecule has 5 nitrogen and oxygen atoms in total. The van der Waals surface area contributed by atoms with Crippen LogP contribution in [0.3, 0.4) is 0 Å². The largest absolute Gasteiger partial charge is 0.394 e. The Kier molecular flexibility index (Phi) is 5.20. The smallest absolute Gasteiger partial charge is 0.227 e. The quantitative estimate of drug-likeness (QED) is 0.470. The predicted octanol–water partition coefficient (Wildman–Crippen LogP) is -0.779. The summed E-state index contributed by atoms with van der Waals surface area (Å²) in [4.78, 5) is 11.8. The van der Waals surface area contributed by atoms with Crippen molar-refractivity contribution in [2.45, 2.75) is 32.7 Å². The second-order valence-corrected chi connectivity index (χ2v) is 4.49. The third-order valence-electron chi connectivity index (χ3n) is 2.79. The van der Waals surface area contributed by atoms with Gasteiger partial charge in [-0.1, -0.05) is 6.92 Å². The zero-order valence-corrected chi connectivity index (χ0v) is 9.71. The summed E-state index contributed by atoms with van der Waals surface area (Å²) in [7, 11) is 0. The highest BCUT2D eigenvalue weighted by Crippen LogP contribution is 2.16. The normalized spacial score (nSPS) is 12.7. The number of aliphatic hydroxyl groups is 2. The van der Waals surface area contributed by atoms with Crippen molar-refractivity contribution in [1.29, 1.82) is 0 Å². The van der Waals surface area contributed by atoms with Crippen LogP contribution in [-0.2, 0) is 4.79 Å². The zero-order valence-electron chi connectivity index (χ0n) is 9.71. The summed E-state index contributed by atoms with van der Waals surface area (Å²) in [5, 5.41) is 21.0. The molecule has 0 aliphatic carbocycles. The molecule has 0 unspecified atom stereocenters. The van der Waals surface area contributed by atoms with Gasteiger partial charge in [-0.2, -0.15) is 0 Å². The molecule has 0 aliphatic heterocycles. The first-order chi connectivity index (χ1) is 6.87. The molecule has 0 atom stereocenters. The van der Waals surface area contributed by atoms with Gasteiger partial charge in [0, 0.05) is 6.54 Å². The Labute approximate surface area is 90.7 Å². The van der Waals surface area contributed by atoms with E-state index in [1.54, 1.807) is 20.8 Å². The first kappa shape index (κ1) is 14.3. The molecule has 0 aromatic rings. The SMILES string of the molecule is CCC(CO)(CO)NC(=O)C(C)(C)CN. The Morgan fingerprint density at radius 3 is 2.07 bits per heavy atom. The van der Waals surface area contributed by atoms with Crippen LogP contribution < -0.4 is 11.1 Å². The highest BCUT2D eigenvalue weighted by Gasteiger charge is 2.34. The van der Waals surface area contributed by atoms with E-state index in [1.807, 2.05) is 0 Å².